The van der Waals surface area contributed by atoms with Gasteiger partial charge in [0.2, 0.25) is 11.8 Å². The van der Waals surface area contributed by atoms with Gasteiger partial charge in [0, 0.05) is 19.3 Å². The molecule has 3 rings (SSSR count). The van der Waals surface area contributed by atoms with Crippen molar-refractivity contribution in [2.24, 2.45) is 7.05 Å². The Kier molecular flexibility index (Phi) is 7.73. The smallest absolute Gasteiger partial charge is 0.232 e. The highest BCUT2D eigenvalue weighted by Gasteiger charge is 2.15. The van der Waals surface area contributed by atoms with Crippen LogP contribution in [0.15, 0.2) is 53.7 Å². The molecule has 1 heterocycles. The summed E-state index contributed by atoms with van der Waals surface area (Å²) in [5.74, 6) is 0.320. The molecule has 3 aromatic rings. The number of halogens is 2. The van der Waals surface area contributed by atoms with E-state index in [1.165, 1.54) is 11.8 Å². The lowest BCUT2D eigenvalue weighted by molar-refractivity contribution is -0.118. The summed E-state index contributed by atoms with van der Waals surface area (Å²) < 4.78 is 1.70. The van der Waals surface area contributed by atoms with Crippen LogP contribution < -0.4 is 10.6 Å². The Balaban J connectivity index is 1.49. The fourth-order valence-corrected chi connectivity index (χ4v) is 3.58. The third kappa shape index (κ3) is 6.22. The monoisotopic (exact) mass is 463 g/mol. The molecule has 2 aromatic carbocycles. The van der Waals surface area contributed by atoms with E-state index in [2.05, 4.69) is 20.8 Å². The first-order chi connectivity index (χ1) is 14.4. The summed E-state index contributed by atoms with van der Waals surface area (Å²) >= 11 is 13.1. The molecule has 2 N–H and O–H groups in total. The molecule has 0 bridgehead atoms. The first-order valence-electron chi connectivity index (χ1n) is 8.99. The van der Waals surface area contributed by atoms with Crippen molar-refractivity contribution in [3.63, 3.8) is 0 Å². The maximum Gasteiger partial charge on any atom is 0.232 e. The minimum Gasteiger partial charge on any atom is -0.351 e. The summed E-state index contributed by atoms with van der Waals surface area (Å²) in [6.07, 6.45) is 0.0323. The number of thioether (sulfide) groups is 1. The number of benzene rings is 2. The van der Waals surface area contributed by atoms with Crippen LogP contribution in [0.25, 0.3) is 0 Å². The number of carbonyl (C=O) groups is 2. The Hall–Kier alpha value is -2.55. The Bertz CT molecular complexity index is 1040. The molecule has 10 heteroatoms. The summed E-state index contributed by atoms with van der Waals surface area (Å²) in [6.45, 7) is 0.471. The highest BCUT2D eigenvalue weighted by atomic mass is 35.5. The summed E-state index contributed by atoms with van der Waals surface area (Å²) in [5, 5.41) is 15.1. The number of rotatable bonds is 8. The minimum absolute atomic E-state index is 0.0323. The lowest BCUT2D eigenvalue weighted by Gasteiger charge is -2.07. The third-order valence-electron chi connectivity index (χ3n) is 4.11. The van der Waals surface area contributed by atoms with Gasteiger partial charge in [-0.25, -0.2) is 0 Å². The fourth-order valence-electron chi connectivity index (χ4n) is 2.52. The van der Waals surface area contributed by atoms with Crippen molar-refractivity contribution in [2.45, 2.75) is 18.1 Å². The maximum absolute atomic E-state index is 12.3. The quantitative estimate of drug-likeness (QED) is 0.497. The molecule has 0 atom stereocenters. The first-order valence-corrected chi connectivity index (χ1v) is 10.7. The van der Waals surface area contributed by atoms with E-state index in [1.807, 2.05) is 30.3 Å². The van der Waals surface area contributed by atoms with Gasteiger partial charge in [-0.15, -0.1) is 10.2 Å². The van der Waals surface area contributed by atoms with E-state index in [9.17, 15) is 9.59 Å². The van der Waals surface area contributed by atoms with Crippen LogP contribution in [0.4, 0.5) is 5.69 Å². The van der Waals surface area contributed by atoms with Crippen molar-refractivity contribution in [1.29, 1.82) is 0 Å². The summed E-state index contributed by atoms with van der Waals surface area (Å²) in [7, 11) is 1.76. The predicted octanol–water partition coefficient (Wildman–Crippen LogP) is 3.71. The number of hydrogen-bond acceptors (Lipinski definition) is 5. The van der Waals surface area contributed by atoms with Crippen molar-refractivity contribution in [1.82, 2.24) is 20.1 Å². The van der Waals surface area contributed by atoms with Gasteiger partial charge in [-0.05, 0) is 23.8 Å². The van der Waals surface area contributed by atoms with Gasteiger partial charge < -0.3 is 15.2 Å². The number of nitrogens with zero attached hydrogens (tertiary/aromatic N) is 3. The molecule has 0 aliphatic rings. The van der Waals surface area contributed by atoms with Gasteiger partial charge in [0.15, 0.2) is 5.16 Å². The molecule has 0 saturated heterocycles. The Morgan fingerprint density at radius 2 is 1.80 bits per heavy atom. The van der Waals surface area contributed by atoms with E-state index >= 15 is 0 Å². The Labute approximate surface area is 188 Å². The van der Waals surface area contributed by atoms with Gasteiger partial charge in [-0.2, -0.15) is 0 Å². The lowest BCUT2D eigenvalue weighted by Crippen LogP contribution is -2.24. The summed E-state index contributed by atoms with van der Waals surface area (Å²) in [6, 6.07) is 14.5. The van der Waals surface area contributed by atoms with Crippen LogP contribution in [0.1, 0.15) is 11.4 Å². The Morgan fingerprint density at radius 1 is 1.03 bits per heavy atom. The second-order valence-corrected chi connectivity index (χ2v) is 8.12. The molecule has 2 amide bonds. The van der Waals surface area contributed by atoms with Gasteiger partial charge >= 0.3 is 0 Å². The SMILES string of the molecule is Cn1c(CC(=O)Nc2ccc(Cl)c(Cl)c2)nnc1SCC(=O)NCc1ccccc1. The molecular formula is C20H19Cl2N5O2S. The molecule has 156 valence electrons. The lowest BCUT2D eigenvalue weighted by atomic mass is 10.2. The molecule has 0 radical (unpaired) electrons. The van der Waals surface area contributed by atoms with E-state index in [0.29, 0.717) is 33.3 Å². The van der Waals surface area contributed by atoms with Crippen LogP contribution in [0.2, 0.25) is 10.0 Å². The van der Waals surface area contributed by atoms with Crippen LogP contribution in [0.5, 0.6) is 0 Å². The van der Waals surface area contributed by atoms with Crippen molar-refractivity contribution in [2.75, 3.05) is 11.1 Å². The average molecular weight is 464 g/mol. The largest absolute Gasteiger partial charge is 0.351 e. The molecule has 30 heavy (non-hydrogen) atoms. The third-order valence-corrected chi connectivity index (χ3v) is 5.87. The number of nitrogens with one attached hydrogen (secondary N) is 2. The van der Waals surface area contributed by atoms with E-state index in [-0.39, 0.29) is 24.0 Å². The van der Waals surface area contributed by atoms with Crippen molar-refractivity contribution in [3.05, 3.63) is 70.0 Å². The molecule has 0 aliphatic carbocycles. The summed E-state index contributed by atoms with van der Waals surface area (Å²) in [5.41, 5.74) is 1.58. The average Bonchev–Trinajstić information content (AvgIpc) is 3.07. The molecule has 0 aliphatic heterocycles. The van der Waals surface area contributed by atoms with E-state index in [0.717, 1.165) is 5.56 Å². The van der Waals surface area contributed by atoms with E-state index in [1.54, 1.807) is 29.8 Å². The topological polar surface area (TPSA) is 88.9 Å². The number of aromatic nitrogens is 3. The second kappa shape index (κ2) is 10.5. The number of carbonyl (C=O) groups excluding carboxylic acids is 2. The summed E-state index contributed by atoms with van der Waals surface area (Å²) in [4.78, 5) is 24.4. The standard InChI is InChI=1S/C20H19Cl2N5O2S/c1-27-17(10-18(28)24-14-7-8-15(21)16(22)9-14)25-26-20(27)30-12-19(29)23-11-13-5-3-2-4-6-13/h2-9H,10-12H2,1H3,(H,23,29)(H,24,28). The van der Waals surface area contributed by atoms with Crippen LogP contribution in [0.3, 0.4) is 0 Å². The predicted molar refractivity (Wildman–Crippen MR) is 119 cm³/mol. The minimum atomic E-state index is -0.263. The van der Waals surface area contributed by atoms with Crippen LogP contribution in [-0.2, 0) is 29.6 Å². The number of hydrogen-bond donors (Lipinski definition) is 2. The molecule has 0 spiro atoms. The van der Waals surface area contributed by atoms with Gasteiger partial charge in [0.1, 0.15) is 5.82 Å². The molecule has 0 saturated carbocycles. The second-order valence-electron chi connectivity index (χ2n) is 6.36. The molecule has 1 aromatic heterocycles. The fraction of sp³-hybridized carbons (Fsp3) is 0.200. The van der Waals surface area contributed by atoms with Crippen molar-refractivity contribution in [3.8, 4) is 0 Å². The molecular weight excluding hydrogens is 445 g/mol. The van der Waals surface area contributed by atoms with Gasteiger partial charge in [-0.1, -0.05) is 65.3 Å². The van der Waals surface area contributed by atoms with E-state index < -0.39 is 0 Å². The van der Waals surface area contributed by atoms with Gasteiger partial charge in [0.25, 0.3) is 0 Å². The van der Waals surface area contributed by atoms with Gasteiger partial charge in [-0.3, -0.25) is 9.59 Å². The Morgan fingerprint density at radius 3 is 2.53 bits per heavy atom. The zero-order valence-corrected chi connectivity index (χ0v) is 18.4. The number of amides is 2. The molecule has 0 fully saturated rings. The number of anilines is 1. The zero-order valence-electron chi connectivity index (χ0n) is 16.1. The van der Waals surface area contributed by atoms with Crippen LogP contribution >= 0.6 is 35.0 Å². The van der Waals surface area contributed by atoms with Crippen LogP contribution in [-0.4, -0.2) is 32.3 Å². The maximum atomic E-state index is 12.3. The molecule has 7 nitrogen and oxygen atoms in total. The van der Waals surface area contributed by atoms with Crippen LogP contribution in [0, 0.1) is 0 Å². The molecule has 0 unspecified atom stereocenters. The highest BCUT2D eigenvalue weighted by molar-refractivity contribution is 7.99. The van der Waals surface area contributed by atoms with Crippen molar-refractivity contribution < 1.29 is 9.59 Å². The zero-order chi connectivity index (χ0) is 21.5. The first kappa shape index (κ1) is 22.1. The van der Waals surface area contributed by atoms with Crippen molar-refractivity contribution >= 4 is 52.5 Å². The van der Waals surface area contributed by atoms with E-state index in [4.69, 9.17) is 23.2 Å². The van der Waals surface area contributed by atoms with Gasteiger partial charge in [0.05, 0.1) is 22.2 Å². The normalized spacial score (nSPS) is 10.6. The highest BCUT2D eigenvalue weighted by Crippen LogP contribution is 2.25.